The number of para-hydroxylation sites is 1. The van der Waals surface area contributed by atoms with Crippen LogP contribution in [0.3, 0.4) is 0 Å². The van der Waals surface area contributed by atoms with E-state index in [-0.39, 0.29) is 11.6 Å². The summed E-state index contributed by atoms with van der Waals surface area (Å²) in [6, 6.07) is 15.2. The van der Waals surface area contributed by atoms with Crippen molar-refractivity contribution in [3.05, 3.63) is 66.2 Å². The molecule has 0 aliphatic carbocycles. The highest BCUT2D eigenvalue weighted by atomic mass is 32.2. The Hall–Kier alpha value is -3.36. The second kappa shape index (κ2) is 12.9. The number of aliphatic hydroxyl groups excluding tert-OH is 4. The molecule has 13 heteroatoms. The van der Waals surface area contributed by atoms with Gasteiger partial charge in [-0.25, -0.2) is 9.82 Å². The highest BCUT2D eigenvalue weighted by Crippen LogP contribution is 2.22. The van der Waals surface area contributed by atoms with Gasteiger partial charge in [-0.15, -0.1) is 10.2 Å². The number of hydrazone groups is 1. The molecular weight excluding hydrogens is 479 g/mol. The molecule has 0 aliphatic rings. The second-order valence-corrected chi connectivity index (χ2v) is 8.21. The fourth-order valence-corrected chi connectivity index (χ4v) is 3.63. The molecule has 1 heterocycles. The molecule has 0 saturated carbocycles. The number of carbonyl (C=O) groups is 1. The Kier molecular flexibility index (Phi) is 9.69. The minimum atomic E-state index is -1.65. The Bertz CT molecular complexity index is 1120. The van der Waals surface area contributed by atoms with Gasteiger partial charge in [0.25, 0.3) is 5.91 Å². The smallest absolute Gasteiger partial charge is 0.250 e. The number of amides is 1. The maximum Gasteiger partial charge on any atom is 0.250 e. The number of rotatable bonds is 12. The van der Waals surface area contributed by atoms with Gasteiger partial charge in [0, 0.05) is 11.4 Å². The number of benzene rings is 2. The van der Waals surface area contributed by atoms with Gasteiger partial charge in [0.15, 0.2) is 11.0 Å². The number of aromatic nitrogens is 3. The van der Waals surface area contributed by atoms with Crippen LogP contribution in [-0.2, 0) is 11.3 Å². The molecule has 3 atom stereocenters. The van der Waals surface area contributed by atoms with Gasteiger partial charge in [-0.1, -0.05) is 30.0 Å². The number of anilines is 1. The fraction of sp³-hybridized carbons (Fsp3) is 0.273. The highest BCUT2D eigenvalue weighted by molar-refractivity contribution is 7.99. The molecule has 3 rings (SSSR count). The molecular formula is C22H25FN6O5S. The van der Waals surface area contributed by atoms with Crippen LogP contribution in [0.25, 0.3) is 5.69 Å². The van der Waals surface area contributed by atoms with Crippen molar-refractivity contribution in [1.82, 2.24) is 20.2 Å². The van der Waals surface area contributed by atoms with Gasteiger partial charge in [-0.2, -0.15) is 5.10 Å². The number of thioether (sulfide) groups is 1. The summed E-state index contributed by atoms with van der Waals surface area (Å²) in [6.45, 7) is -0.441. The zero-order chi connectivity index (χ0) is 25.2. The molecule has 0 aliphatic heterocycles. The van der Waals surface area contributed by atoms with Crippen molar-refractivity contribution in [1.29, 1.82) is 0 Å². The van der Waals surface area contributed by atoms with Gasteiger partial charge < -0.3 is 25.7 Å². The van der Waals surface area contributed by atoms with Gasteiger partial charge in [-0.3, -0.25) is 9.36 Å². The van der Waals surface area contributed by atoms with E-state index in [1.165, 1.54) is 12.1 Å². The Balaban J connectivity index is 1.64. The molecule has 35 heavy (non-hydrogen) atoms. The van der Waals surface area contributed by atoms with E-state index in [4.69, 9.17) is 5.11 Å². The molecule has 0 radical (unpaired) electrons. The molecule has 0 spiro atoms. The summed E-state index contributed by atoms with van der Waals surface area (Å²) < 4.78 is 14.9. The maximum atomic E-state index is 13.1. The van der Waals surface area contributed by atoms with Crippen molar-refractivity contribution in [2.75, 3.05) is 17.7 Å². The topological polar surface area (TPSA) is 165 Å². The van der Waals surface area contributed by atoms with Gasteiger partial charge in [-0.05, 0) is 36.4 Å². The second-order valence-electron chi connectivity index (χ2n) is 7.26. The lowest BCUT2D eigenvalue weighted by atomic mass is 10.1. The van der Waals surface area contributed by atoms with E-state index >= 15 is 0 Å². The van der Waals surface area contributed by atoms with E-state index in [0.29, 0.717) is 23.2 Å². The predicted molar refractivity (Wildman–Crippen MR) is 128 cm³/mol. The number of hydrogen-bond acceptors (Lipinski definition) is 10. The standard InChI is InChI=1S/C22H25FN6O5S/c23-14-6-8-15(9-7-14)24-11-19-26-28-22(29(19)16-4-2-1-3-5-16)35-13-20(33)27-25-10-17(31)21(34)18(32)12-30/h1-10,17-18,21,24,30-32,34H,11-13H2,(H,27,33). The number of nitrogens with zero attached hydrogens (tertiary/aromatic N) is 4. The third-order valence-corrected chi connectivity index (χ3v) is 5.62. The molecule has 0 fully saturated rings. The average Bonchev–Trinajstić information content (AvgIpc) is 3.29. The predicted octanol–water partition coefficient (Wildman–Crippen LogP) is 0.288. The quantitative estimate of drug-likeness (QED) is 0.115. The summed E-state index contributed by atoms with van der Waals surface area (Å²) in [5, 5.41) is 52.9. The van der Waals surface area contributed by atoms with Crippen LogP contribution in [0.15, 0.2) is 64.9 Å². The fourth-order valence-electron chi connectivity index (χ4n) is 2.87. The number of aliphatic hydroxyl groups is 4. The van der Waals surface area contributed by atoms with E-state index in [1.807, 2.05) is 30.3 Å². The first-order chi connectivity index (χ1) is 16.9. The van der Waals surface area contributed by atoms with Crippen molar-refractivity contribution < 1.29 is 29.6 Å². The minimum absolute atomic E-state index is 0.0778. The molecule has 0 saturated heterocycles. The molecule has 6 N–H and O–H groups in total. The molecule has 0 bridgehead atoms. The van der Waals surface area contributed by atoms with E-state index in [9.17, 15) is 24.5 Å². The van der Waals surface area contributed by atoms with E-state index < -0.39 is 30.8 Å². The first kappa shape index (κ1) is 26.2. The Morgan fingerprint density at radius 1 is 1.11 bits per heavy atom. The first-order valence-electron chi connectivity index (χ1n) is 10.5. The Morgan fingerprint density at radius 3 is 2.51 bits per heavy atom. The summed E-state index contributed by atoms with van der Waals surface area (Å²) in [4.78, 5) is 12.2. The maximum absolute atomic E-state index is 13.1. The molecule has 186 valence electrons. The van der Waals surface area contributed by atoms with Crippen LogP contribution in [-0.4, -0.2) is 78.0 Å². The van der Waals surface area contributed by atoms with E-state index in [2.05, 4.69) is 26.0 Å². The number of carbonyl (C=O) groups excluding carboxylic acids is 1. The van der Waals surface area contributed by atoms with Crippen molar-refractivity contribution in [3.63, 3.8) is 0 Å². The number of nitrogens with one attached hydrogen (secondary N) is 2. The van der Waals surface area contributed by atoms with Crippen LogP contribution < -0.4 is 10.7 Å². The van der Waals surface area contributed by atoms with Crippen LogP contribution in [0.1, 0.15) is 5.82 Å². The summed E-state index contributed by atoms with van der Waals surface area (Å²) in [6.07, 6.45) is -3.93. The third-order valence-electron chi connectivity index (χ3n) is 4.69. The zero-order valence-electron chi connectivity index (χ0n) is 18.4. The third kappa shape index (κ3) is 7.56. The van der Waals surface area contributed by atoms with Crippen LogP contribution in [0.2, 0.25) is 0 Å². The van der Waals surface area contributed by atoms with Crippen LogP contribution in [0.4, 0.5) is 10.1 Å². The SMILES string of the molecule is O=C(CSc1nnc(CNc2ccc(F)cc2)n1-c1ccccc1)NN=CC(O)C(O)C(O)CO. The van der Waals surface area contributed by atoms with Gasteiger partial charge in [0.2, 0.25) is 0 Å². The molecule has 11 nitrogen and oxygen atoms in total. The summed E-state index contributed by atoms with van der Waals surface area (Å²) in [7, 11) is 0. The Morgan fingerprint density at radius 2 is 1.83 bits per heavy atom. The van der Waals surface area contributed by atoms with Crippen molar-refractivity contribution >= 4 is 29.6 Å². The van der Waals surface area contributed by atoms with Gasteiger partial charge in [0.1, 0.15) is 24.1 Å². The van der Waals surface area contributed by atoms with Crippen LogP contribution >= 0.6 is 11.8 Å². The molecule has 1 amide bonds. The zero-order valence-corrected chi connectivity index (χ0v) is 19.2. The minimum Gasteiger partial charge on any atom is -0.394 e. The van der Waals surface area contributed by atoms with Crippen molar-refractivity contribution in [2.24, 2.45) is 5.10 Å². The van der Waals surface area contributed by atoms with Crippen molar-refractivity contribution in [3.8, 4) is 5.69 Å². The highest BCUT2D eigenvalue weighted by Gasteiger charge is 2.22. The average molecular weight is 505 g/mol. The van der Waals surface area contributed by atoms with E-state index in [1.54, 1.807) is 16.7 Å². The van der Waals surface area contributed by atoms with Crippen molar-refractivity contribution in [2.45, 2.75) is 30.0 Å². The lowest BCUT2D eigenvalue weighted by Gasteiger charge is -2.17. The van der Waals surface area contributed by atoms with Gasteiger partial charge >= 0.3 is 0 Å². The summed E-state index contributed by atoms with van der Waals surface area (Å²) >= 11 is 1.11. The Labute approximate surface area is 204 Å². The van der Waals surface area contributed by atoms with Gasteiger partial charge in [0.05, 0.1) is 25.1 Å². The lowest BCUT2D eigenvalue weighted by molar-refractivity contribution is -0.118. The summed E-state index contributed by atoms with van der Waals surface area (Å²) in [5.41, 5.74) is 3.70. The normalized spacial score (nSPS) is 14.0. The first-order valence-corrected chi connectivity index (χ1v) is 11.5. The number of halogens is 1. The van der Waals surface area contributed by atoms with Crippen LogP contribution in [0.5, 0.6) is 0 Å². The molecule has 3 unspecified atom stereocenters. The largest absolute Gasteiger partial charge is 0.394 e. The lowest BCUT2D eigenvalue weighted by Crippen LogP contribution is -2.40. The molecule has 1 aromatic heterocycles. The number of hydrogen-bond donors (Lipinski definition) is 6. The van der Waals surface area contributed by atoms with Crippen LogP contribution in [0, 0.1) is 5.82 Å². The molecule has 2 aromatic carbocycles. The summed E-state index contributed by atoms with van der Waals surface area (Å²) in [5.74, 6) is -0.353. The molecule has 3 aromatic rings. The monoisotopic (exact) mass is 504 g/mol. The van der Waals surface area contributed by atoms with E-state index in [0.717, 1.165) is 23.7 Å².